The summed E-state index contributed by atoms with van der Waals surface area (Å²) in [7, 11) is -2.28. The zero-order valence-electron chi connectivity index (χ0n) is 24.1. The lowest BCUT2D eigenvalue weighted by atomic mass is 10.1. The molecule has 3 fully saturated rings. The first-order valence-corrected chi connectivity index (χ1v) is 15.4. The van der Waals surface area contributed by atoms with Gasteiger partial charge in [-0.15, -0.1) is 6.58 Å². The molecule has 1 aliphatic heterocycles. The van der Waals surface area contributed by atoms with Crippen LogP contribution >= 0.6 is 0 Å². The molecule has 1 saturated heterocycles. The van der Waals surface area contributed by atoms with Crippen LogP contribution in [0.5, 0.6) is 11.6 Å². The summed E-state index contributed by atoms with van der Waals surface area (Å²) in [6.07, 6.45) is 2.95. The molecule has 0 bridgehead atoms. The van der Waals surface area contributed by atoms with E-state index in [1.807, 2.05) is 24.3 Å². The number of nitrogens with zero attached hydrogens (tertiary/aromatic N) is 2. The Labute approximate surface area is 244 Å². The normalized spacial score (nSPS) is 25.4. The molecule has 2 unspecified atom stereocenters. The van der Waals surface area contributed by atoms with Gasteiger partial charge in [-0.3, -0.25) is 19.2 Å². The van der Waals surface area contributed by atoms with Crippen LogP contribution < -0.4 is 19.5 Å². The summed E-state index contributed by atoms with van der Waals surface area (Å²) in [5.74, 6) is -1.00. The first kappa shape index (κ1) is 29.6. The van der Waals surface area contributed by atoms with E-state index in [0.717, 1.165) is 5.39 Å². The van der Waals surface area contributed by atoms with E-state index in [9.17, 15) is 22.8 Å². The molecule has 12 nitrogen and oxygen atoms in total. The van der Waals surface area contributed by atoms with Crippen LogP contribution in [-0.2, 0) is 24.3 Å². The second-order valence-corrected chi connectivity index (χ2v) is 13.9. The minimum absolute atomic E-state index is 0.0230. The molecule has 5 rings (SSSR count). The van der Waals surface area contributed by atoms with Gasteiger partial charge >= 0.3 is 6.09 Å². The van der Waals surface area contributed by atoms with E-state index in [1.54, 1.807) is 34.1 Å². The number of likely N-dealkylation sites (tertiary alicyclic amines) is 1. The second kappa shape index (κ2) is 10.8. The lowest BCUT2D eigenvalue weighted by Crippen LogP contribution is -2.56. The number of fused-ring (bicyclic) bond motifs is 1. The molecular formula is C29H36N4O8S. The molecule has 1 aromatic carbocycles. The molecule has 42 heavy (non-hydrogen) atoms. The molecule has 2 heterocycles. The summed E-state index contributed by atoms with van der Waals surface area (Å²) in [6.45, 7) is 8.91. The Morgan fingerprint density at radius 1 is 1.17 bits per heavy atom. The van der Waals surface area contributed by atoms with Crippen LogP contribution in [0.25, 0.3) is 10.8 Å². The van der Waals surface area contributed by atoms with Gasteiger partial charge in [0.25, 0.3) is 5.91 Å². The fourth-order valence-corrected chi connectivity index (χ4v) is 6.59. The Balaban J connectivity index is 1.38. The number of hydrogen-bond acceptors (Lipinski definition) is 9. The largest absolute Gasteiger partial charge is 0.494 e. The van der Waals surface area contributed by atoms with E-state index in [-0.39, 0.29) is 19.4 Å². The number of hydrogen-bond donors (Lipinski definition) is 2. The first-order valence-electron chi connectivity index (χ1n) is 13.9. The maximum absolute atomic E-state index is 13.7. The van der Waals surface area contributed by atoms with Gasteiger partial charge in [-0.2, -0.15) is 0 Å². The minimum Gasteiger partial charge on any atom is -0.494 e. The van der Waals surface area contributed by atoms with Crippen molar-refractivity contribution in [3.63, 3.8) is 0 Å². The number of benzene rings is 1. The maximum atomic E-state index is 13.7. The third-order valence-corrected chi connectivity index (χ3v) is 9.48. The van der Waals surface area contributed by atoms with Crippen molar-refractivity contribution in [3.8, 4) is 11.6 Å². The average molecular weight is 601 g/mol. The van der Waals surface area contributed by atoms with Gasteiger partial charge in [-0.05, 0) is 46.1 Å². The molecule has 4 atom stereocenters. The predicted octanol–water partition coefficient (Wildman–Crippen LogP) is 2.67. The predicted molar refractivity (Wildman–Crippen MR) is 153 cm³/mol. The highest BCUT2D eigenvalue weighted by Crippen LogP contribution is 2.45. The van der Waals surface area contributed by atoms with Crippen molar-refractivity contribution in [1.29, 1.82) is 0 Å². The fraction of sp³-hybridized carbons (Fsp3) is 0.517. The van der Waals surface area contributed by atoms with E-state index in [4.69, 9.17) is 14.2 Å². The molecule has 3 aliphatic rings. The van der Waals surface area contributed by atoms with Crippen LogP contribution in [0.3, 0.4) is 0 Å². The number of carbonyl (C=O) groups excluding carboxylic acids is 3. The molecule has 2 saturated carbocycles. The van der Waals surface area contributed by atoms with Crippen LogP contribution in [0.1, 0.15) is 46.5 Å². The highest BCUT2D eigenvalue weighted by Gasteiger charge is 2.62. The Bertz CT molecular complexity index is 1530. The van der Waals surface area contributed by atoms with E-state index in [1.165, 1.54) is 11.0 Å². The summed E-state index contributed by atoms with van der Waals surface area (Å²) < 4.78 is 44.3. The van der Waals surface area contributed by atoms with Gasteiger partial charge < -0.3 is 19.5 Å². The van der Waals surface area contributed by atoms with Gasteiger partial charge in [0.05, 0.1) is 25.1 Å². The molecule has 3 amide bonds. The summed E-state index contributed by atoms with van der Waals surface area (Å²) >= 11 is 0. The highest BCUT2D eigenvalue weighted by atomic mass is 32.2. The third-order valence-electron chi connectivity index (χ3n) is 7.66. The van der Waals surface area contributed by atoms with E-state index in [2.05, 4.69) is 21.6 Å². The number of amides is 3. The molecule has 226 valence electrons. The highest BCUT2D eigenvalue weighted by molar-refractivity contribution is 7.91. The van der Waals surface area contributed by atoms with E-state index >= 15 is 0 Å². The molecule has 1 aromatic heterocycles. The van der Waals surface area contributed by atoms with Gasteiger partial charge in [0.2, 0.25) is 21.8 Å². The van der Waals surface area contributed by atoms with Crippen molar-refractivity contribution in [2.24, 2.45) is 5.92 Å². The number of carbonyl (C=O) groups is 3. The number of pyridine rings is 1. The summed E-state index contributed by atoms with van der Waals surface area (Å²) in [4.78, 5) is 45.8. The van der Waals surface area contributed by atoms with Crippen molar-refractivity contribution >= 4 is 38.7 Å². The standard InChI is InChI=1S/C29H36N4O8S/c1-6-17-14-29(17,26(35)32-42(37,38)19-11-12-19)31-24(34)22-13-18(16-33(22)27(36)41-28(2,3)4)40-25-21-10-8-7-9-20(21)23(39-5)15-30-25/h6-10,15,17-19,22H,1,11-14,16H2,2-5H3,(H,31,34)(H,32,35)/t17-,18?,22?,29-/m1/s1. The van der Waals surface area contributed by atoms with Crippen LogP contribution in [-0.4, -0.2) is 78.4 Å². The van der Waals surface area contributed by atoms with Gasteiger partial charge in [-0.1, -0.05) is 24.3 Å². The van der Waals surface area contributed by atoms with Gasteiger partial charge in [0.15, 0.2) is 0 Å². The lowest BCUT2D eigenvalue weighted by Gasteiger charge is -2.29. The van der Waals surface area contributed by atoms with E-state index < -0.39 is 62.4 Å². The number of ether oxygens (including phenoxy) is 3. The van der Waals surface area contributed by atoms with Crippen LogP contribution in [0.4, 0.5) is 4.79 Å². The van der Waals surface area contributed by atoms with Crippen molar-refractivity contribution < 1.29 is 37.0 Å². The van der Waals surface area contributed by atoms with Crippen molar-refractivity contribution in [2.75, 3.05) is 13.7 Å². The summed E-state index contributed by atoms with van der Waals surface area (Å²) in [5, 5.41) is 3.63. The molecule has 2 N–H and O–H groups in total. The minimum atomic E-state index is -3.83. The average Bonchev–Trinajstić information content (AvgIpc) is 3.85. The quantitative estimate of drug-likeness (QED) is 0.414. The van der Waals surface area contributed by atoms with Crippen LogP contribution in [0.15, 0.2) is 43.1 Å². The molecule has 0 radical (unpaired) electrons. The molecule has 2 aromatic rings. The number of rotatable bonds is 9. The summed E-state index contributed by atoms with van der Waals surface area (Å²) in [5.41, 5.74) is -2.30. The van der Waals surface area contributed by atoms with Gasteiger partial charge in [0.1, 0.15) is 29.0 Å². The Morgan fingerprint density at radius 2 is 1.86 bits per heavy atom. The SMILES string of the molecule is C=C[C@@H]1C[C@]1(NC(=O)C1CC(Oc2ncc(OC)c3ccccc23)CN1C(=O)OC(C)(C)C)C(=O)NS(=O)(=O)C1CC1. The number of nitrogens with one attached hydrogen (secondary N) is 2. The van der Waals surface area contributed by atoms with Gasteiger partial charge in [0, 0.05) is 23.1 Å². The summed E-state index contributed by atoms with van der Waals surface area (Å²) in [6, 6.07) is 6.37. The monoisotopic (exact) mass is 600 g/mol. The van der Waals surface area contributed by atoms with Crippen molar-refractivity contribution in [3.05, 3.63) is 43.1 Å². The second-order valence-electron chi connectivity index (χ2n) is 12.0. The lowest BCUT2D eigenvalue weighted by molar-refractivity contribution is -0.131. The Morgan fingerprint density at radius 3 is 2.45 bits per heavy atom. The Kier molecular flexibility index (Phi) is 7.58. The van der Waals surface area contributed by atoms with Crippen molar-refractivity contribution in [2.45, 2.75) is 75.0 Å². The maximum Gasteiger partial charge on any atom is 0.411 e. The van der Waals surface area contributed by atoms with Crippen LogP contribution in [0.2, 0.25) is 0 Å². The molecule has 0 spiro atoms. The topological polar surface area (TPSA) is 153 Å². The van der Waals surface area contributed by atoms with E-state index in [0.29, 0.717) is 29.9 Å². The molecular weight excluding hydrogens is 564 g/mol. The number of methoxy groups -OCH3 is 1. The Hall–Kier alpha value is -3.87. The number of sulfonamides is 1. The van der Waals surface area contributed by atoms with Gasteiger partial charge in [-0.25, -0.2) is 18.2 Å². The van der Waals surface area contributed by atoms with Crippen LogP contribution in [0, 0.1) is 5.92 Å². The zero-order valence-corrected chi connectivity index (χ0v) is 24.9. The third kappa shape index (κ3) is 5.87. The molecule has 13 heteroatoms. The zero-order chi connectivity index (χ0) is 30.4. The fourth-order valence-electron chi connectivity index (χ4n) is 5.23. The van der Waals surface area contributed by atoms with Crippen molar-refractivity contribution in [1.82, 2.24) is 19.9 Å². The molecule has 2 aliphatic carbocycles. The smallest absolute Gasteiger partial charge is 0.411 e. The number of aromatic nitrogens is 1. The first-order chi connectivity index (χ1) is 19.8.